The third-order valence-corrected chi connectivity index (χ3v) is 8.06. The molecule has 3 fully saturated rings. The van der Waals surface area contributed by atoms with E-state index in [4.69, 9.17) is 4.74 Å². The number of non-ortho nitro benzene ring substituents is 1. The van der Waals surface area contributed by atoms with Crippen molar-refractivity contribution in [1.29, 1.82) is 0 Å². The molecule has 0 unspecified atom stereocenters. The molecule has 0 aromatic heterocycles. The maximum absolute atomic E-state index is 13.4. The van der Waals surface area contributed by atoms with Gasteiger partial charge in [-0.1, -0.05) is 22.4 Å². The number of carbonyl (C=O) groups excluding carboxylic acids is 4. The highest BCUT2D eigenvalue weighted by molar-refractivity contribution is 9.11. The summed E-state index contributed by atoms with van der Waals surface area (Å²) in [5.74, 6) is -1.58. The summed E-state index contributed by atoms with van der Waals surface area (Å²) >= 11 is 6.70. The molecule has 2 aliphatic carbocycles. The Balaban J connectivity index is 1.47. The van der Waals surface area contributed by atoms with Gasteiger partial charge in [-0.2, -0.15) is 0 Å². The molecular weight excluding hydrogens is 614 g/mol. The molecule has 1 heterocycles. The number of imide groups is 2. The number of amides is 4. The molecule has 3 atom stereocenters. The molecule has 4 amide bonds. The number of rotatable bonds is 5. The van der Waals surface area contributed by atoms with Crippen LogP contribution in [0.5, 0.6) is 5.75 Å². The molecule has 2 aromatic rings. The molecule has 1 N–H and O–H groups in total. The van der Waals surface area contributed by atoms with Crippen molar-refractivity contribution in [2.45, 2.75) is 31.7 Å². The SMILES string of the molecule is O=C1NC(=O)N([C@H]2C[C@H]3CC[C@H]2C3)C(=O)/C1=C\c1cc(Br)cc(Br)c1OC(=O)c1ccc([N+](=O)[O-])cc1. The van der Waals surface area contributed by atoms with Crippen LogP contribution in [0.25, 0.3) is 6.08 Å². The highest BCUT2D eigenvalue weighted by atomic mass is 79.9. The number of benzene rings is 2. The van der Waals surface area contributed by atoms with Crippen LogP contribution in [0.1, 0.15) is 41.6 Å². The summed E-state index contributed by atoms with van der Waals surface area (Å²) in [6.45, 7) is 0. The van der Waals surface area contributed by atoms with Crippen molar-refractivity contribution in [3.8, 4) is 5.75 Å². The van der Waals surface area contributed by atoms with Crippen LogP contribution in [0.15, 0.2) is 50.9 Å². The number of esters is 1. The third-order valence-electron chi connectivity index (χ3n) is 7.01. The Morgan fingerprint density at radius 2 is 1.84 bits per heavy atom. The number of ether oxygens (including phenoxy) is 1. The maximum atomic E-state index is 13.4. The Morgan fingerprint density at radius 3 is 2.46 bits per heavy atom. The van der Waals surface area contributed by atoms with Crippen LogP contribution in [0.2, 0.25) is 0 Å². The minimum absolute atomic E-state index is 0.0306. The number of halogens is 2. The van der Waals surface area contributed by atoms with Gasteiger partial charge in [-0.3, -0.25) is 29.9 Å². The minimum Gasteiger partial charge on any atom is -0.421 e. The highest BCUT2D eigenvalue weighted by Crippen LogP contribution is 2.47. The van der Waals surface area contributed by atoms with Gasteiger partial charge >= 0.3 is 12.0 Å². The van der Waals surface area contributed by atoms with Gasteiger partial charge in [0, 0.05) is 28.2 Å². The zero-order valence-corrected chi connectivity index (χ0v) is 22.3. The van der Waals surface area contributed by atoms with Gasteiger partial charge in [0.1, 0.15) is 5.57 Å². The average Bonchev–Trinajstić information content (AvgIpc) is 3.47. The molecule has 3 aliphatic rings. The fraction of sp³-hybridized carbons (Fsp3) is 0.280. The molecule has 2 aromatic carbocycles. The Labute approximate surface area is 227 Å². The van der Waals surface area contributed by atoms with E-state index in [2.05, 4.69) is 37.2 Å². The number of nitrogens with one attached hydrogen (secondary N) is 1. The number of hydrogen-bond donors (Lipinski definition) is 1. The molecule has 1 saturated heterocycles. The van der Waals surface area contributed by atoms with Gasteiger partial charge < -0.3 is 4.74 Å². The van der Waals surface area contributed by atoms with Crippen LogP contribution >= 0.6 is 31.9 Å². The van der Waals surface area contributed by atoms with E-state index >= 15 is 0 Å². The molecule has 0 radical (unpaired) electrons. The van der Waals surface area contributed by atoms with Crippen molar-refractivity contribution < 1.29 is 28.8 Å². The maximum Gasteiger partial charge on any atom is 0.343 e. The molecule has 2 bridgehead atoms. The molecular formula is C25H19Br2N3O7. The zero-order valence-electron chi connectivity index (χ0n) is 19.1. The number of nitro groups is 1. The number of urea groups is 1. The van der Waals surface area contributed by atoms with Crippen LogP contribution in [0.4, 0.5) is 10.5 Å². The second kappa shape index (κ2) is 9.82. The number of hydrogen-bond acceptors (Lipinski definition) is 7. The fourth-order valence-corrected chi connectivity index (χ4v) is 6.66. The van der Waals surface area contributed by atoms with Gasteiger partial charge in [0.25, 0.3) is 17.5 Å². The molecule has 37 heavy (non-hydrogen) atoms. The number of fused-ring (bicyclic) bond motifs is 2. The monoisotopic (exact) mass is 631 g/mol. The van der Waals surface area contributed by atoms with Crippen molar-refractivity contribution >= 4 is 67.4 Å². The third kappa shape index (κ3) is 4.82. The zero-order chi connectivity index (χ0) is 26.4. The highest BCUT2D eigenvalue weighted by Gasteiger charge is 2.49. The first-order valence-corrected chi connectivity index (χ1v) is 13.1. The molecule has 190 valence electrons. The summed E-state index contributed by atoms with van der Waals surface area (Å²) in [4.78, 5) is 63.0. The predicted octanol–water partition coefficient (Wildman–Crippen LogP) is 4.99. The van der Waals surface area contributed by atoms with Crippen molar-refractivity contribution in [2.75, 3.05) is 0 Å². The molecule has 0 spiro atoms. The van der Waals surface area contributed by atoms with Gasteiger partial charge in [-0.05, 0) is 77.4 Å². The van der Waals surface area contributed by atoms with Crippen molar-refractivity contribution in [3.05, 3.63) is 72.2 Å². The fourth-order valence-electron chi connectivity index (χ4n) is 5.32. The van der Waals surface area contributed by atoms with Gasteiger partial charge in [-0.15, -0.1) is 0 Å². The van der Waals surface area contributed by atoms with E-state index in [1.807, 2.05) is 0 Å². The first kappa shape index (κ1) is 25.3. The molecule has 12 heteroatoms. The summed E-state index contributed by atoms with van der Waals surface area (Å²) in [6, 6.07) is 7.11. The summed E-state index contributed by atoms with van der Waals surface area (Å²) in [6.07, 6.45) is 5.02. The number of carbonyl (C=O) groups is 4. The van der Waals surface area contributed by atoms with Crippen molar-refractivity contribution in [2.24, 2.45) is 11.8 Å². The Kier molecular flexibility index (Phi) is 6.71. The van der Waals surface area contributed by atoms with Crippen LogP contribution in [0.3, 0.4) is 0 Å². The van der Waals surface area contributed by atoms with Crippen LogP contribution in [-0.2, 0) is 9.59 Å². The minimum atomic E-state index is -0.835. The Hall–Kier alpha value is -3.38. The largest absolute Gasteiger partial charge is 0.421 e. The summed E-state index contributed by atoms with van der Waals surface area (Å²) in [5, 5.41) is 13.2. The molecule has 5 rings (SSSR count). The average molecular weight is 633 g/mol. The summed E-state index contributed by atoms with van der Waals surface area (Å²) < 4.78 is 6.50. The van der Waals surface area contributed by atoms with E-state index in [-0.39, 0.29) is 40.1 Å². The second-order valence-corrected chi connectivity index (χ2v) is 11.0. The lowest BCUT2D eigenvalue weighted by molar-refractivity contribution is -0.384. The van der Waals surface area contributed by atoms with E-state index in [1.165, 1.54) is 30.3 Å². The standard InChI is InChI=1S/C25H19Br2N3O7/c26-16-9-15(21(19(27)11-16)37-24(33)13-3-5-17(6-4-13)30(35)36)10-18-22(31)28-25(34)29(23(18)32)20-8-12-1-2-14(20)7-12/h3-6,9-12,14,20H,1-2,7-8H2,(H,28,31,34)/b18-10-/t12-,14-,20-/m0/s1. The first-order chi connectivity index (χ1) is 17.6. The lowest BCUT2D eigenvalue weighted by Crippen LogP contribution is -2.58. The van der Waals surface area contributed by atoms with E-state index < -0.39 is 28.7 Å². The Bertz CT molecular complexity index is 1390. The van der Waals surface area contributed by atoms with Gasteiger partial charge in [0.15, 0.2) is 5.75 Å². The topological polar surface area (TPSA) is 136 Å². The summed E-state index contributed by atoms with van der Waals surface area (Å²) in [5.41, 5.74) is -0.126. The van der Waals surface area contributed by atoms with Crippen LogP contribution in [-0.4, -0.2) is 39.7 Å². The van der Waals surface area contributed by atoms with Gasteiger partial charge in [0.05, 0.1) is 15.0 Å². The number of barbiturate groups is 1. The van der Waals surface area contributed by atoms with E-state index in [0.29, 0.717) is 14.9 Å². The van der Waals surface area contributed by atoms with Gasteiger partial charge in [0.2, 0.25) is 0 Å². The quantitative estimate of drug-likeness (QED) is 0.122. The lowest BCUT2D eigenvalue weighted by atomic mass is 9.93. The van der Waals surface area contributed by atoms with E-state index in [9.17, 15) is 29.3 Å². The van der Waals surface area contributed by atoms with E-state index in [1.54, 1.807) is 12.1 Å². The predicted molar refractivity (Wildman–Crippen MR) is 137 cm³/mol. The first-order valence-electron chi connectivity index (χ1n) is 11.5. The number of nitro benzene ring substituents is 1. The lowest BCUT2D eigenvalue weighted by Gasteiger charge is -2.35. The normalized spacial score (nSPS) is 23.9. The summed E-state index contributed by atoms with van der Waals surface area (Å²) in [7, 11) is 0. The van der Waals surface area contributed by atoms with E-state index in [0.717, 1.165) is 30.6 Å². The van der Waals surface area contributed by atoms with Crippen LogP contribution in [0, 0.1) is 22.0 Å². The molecule has 2 saturated carbocycles. The molecule has 1 aliphatic heterocycles. The van der Waals surface area contributed by atoms with Gasteiger partial charge in [-0.25, -0.2) is 9.59 Å². The molecule has 10 nitrogen and oxygen atoms in total. The number of nitrogens with zero attached hydrogens (tertiary/aromatic N) is 2. The Morgan fingerprint density at radius 1 is 1.11 bits per heavy atom. The second-order valence-electron chi connectivity index (χ2n) is 9.23. The smallest absolute Gasteiger partial charge is 0.343 e. The van der Waals surface area contributed by atoms with Crippen molar-refractivity contribution in [1.82, 2.24) is 10.2 Å². The van der Waals surface area contributed by atoms with Crippen LogP contribution < -0.4 is 10.1 Å². The van der Waals surface area contributed by atoms with Crippen molar-refractivity contribution in [3.63, 3.8) is 0 Å².